The van der Waals surface area contributed by atoms with E-state index >= 15 is 0 Å². The molecule has 4 rings (SSSR count). The first-order chi connectivity index (χ1) is 9.27. The minimum absolute atomic E-state index is 1.07. The molecule has 2 heterocycles. The van der Waals surface area contributed by atoms with Crippen LogP contribution in [-0.4, -0.2) is 9.55 Å². The van der Waals surface area contributed by atoms with E-state index in [0.717, 1.165) is 11.3 Å². The largest absolute Gasteiger partial charge is 0.328 e. The van der Waals surface area contributed by atoms with Gasteiger partial charge < -0.3 is 4.57 Å². The molecule has 2 aliphatic rings. The van der Waals surface area contributed by atoms with Crippen molar-refractivity contribution in [1.82, 2.24) is 9.55 Å². The monoisotopic (exact) mass is 246 g/mol. The Labute approximate surface area is 111 Å². The Morgan fingerprint density at radius 2 is 1.58 bits per heavy atom. The van der Waals surface area contributed by atoms with Gasteiger partial charge in [0, 0.05) is 28.9 Å². The maximum absolute atomic E-state index is 4.79. The topological polar surface area (TPSA) is 17.8 Å². The van der Waals surface area contributed by atoms with Crippen LogP contribution in [0.1, 0.15) is 5.56 Å². The Morgan fingerprint density at radius 1 is 0.895 bits per heavy atom. The van der Waals surface area contributed by atoms with Gasteiger partial charge in [0.05, 0.1) is 5.52 Å². The molecule has 2 nitrogen and oxygen atoms in total. The van der Waals surface area contributed by atoms with Gasteiger partial charge >= 0.3 is 0 Å². The molecule has 0 aliphatic carbocycles. The van der Waals surface area contributed by atoms with Gasteiger partial charge in [0.1, 0.15) is 5.82 Å². The molecule has 0 spiro atoms. The number of nitrogens with zero attached hydrogens (tertiary/aromatic N) is 2. The van der Waals surface area contributed by atoms with Gasteiger partial charge in [-0.15, -0.1) is 0 Å². The second kappa shape index (κ2) is 3.58. The molecule has 0 atom stereocenters. The summed E-state index contributed by atoms with van der Waals surface area (Å²) in [6, 6.07) is 16.9. The fourth-order valence-electron chi connectivity index (χ4n) is 3.02. The molecular formula is C17H14N2. The molecule has 0 bridgehead atoms. The summed E-state index contributed by atoms with van der Waals surface area (Å²) < 4.78 is 2.19. The number of hydrogen-bond acceptors (Lipinski definition) is 1. The zero-order valence-corrected chi connectivity index (χ0v) is 11.0. The third-order valence-corrected chi connectivity index (χ3v) is 3.99. The number of hydrogen-bond donors (Lipinski definition) is 0. The van der Waals surface area contributed by atoms with E-state index in [9.17, 15) is 0 Å². The number of benzene rings is 2. The standard InChI is InChI=1S/C17H14N2/c1-11-12-7-4-6-10-15(12)19(2)17-16(11)13-8-3-5-9-14(13)18-17/h3-10H,1-2H3. The molecule has 2 aromatic rings. The van der Waals surface area contributed by atoms with Crippen molar-refractivity contribution < 1.29 is 0 Å². The van der Waals surface area contributed by atoms with Crippen LogP contribution in [0.4, 0.5) is 0 Å². The molecule has 2 aliphatic heterocycles. The van der Waals surface area contributed by atoms with Crippen LogP contribution in [0, 0.1) is 6.92 Å². The summed E-state index contributed by atoms with van der Waals surface area (Å²) in [7, 11) is 2.09. The predicted molar refractivity (Wildman–Crippen MR) is 79.6 cm³/mol. The molecule has 92 valence electrons. The maximum atomic E-state index is 4.79. The lowest BCUT2D eigenvalue weighted by molar-refractivity contribution is 0.936. The predicted octanol–water partition coefficient (Wildman–Crippen LogP) is 4.14. The van der Waals surface area contributed by atoms with E-state index in [1.165, 1.54) is 27.4 Å². The summed E-state index contributed by atoms with van der Waals surface area (Å²) in [6.45, 7) is 2.19. The summed E-state index contributed by atoms with van der Waals surface area (Å²) >= 11 is 0. The van der Waals surface area contributed by atoms with Gasteiger partial charge in [-0.2, -0.15) is 0 Å². The maximum Gasteiger partial charge on any atom is 0.141 e. The molecule has 0 aromatic heterocycles. The van der Waals surface area contributed by atoms with Crippen LogP contribution < -0.4 is 0 Å². The smallest absolute Gasteiger partial charge is 0.141 e. The van der Waals surface area contributed by atoms with E-state index in [-0.39, 0.29) is 0 Å². The summed E-state index contributed by atoms with van der Waals surface area (Å²) in [5, 5.41) is 2.55. The first-order valence-corrected chi connectivity index (χ1v) is 6.50. The zero-order chi connectivity index (χ0) is 13.0. The van der Waals surface area contributed by atoms with Crippen LogP contribution >= 0.6 is 0 Å². The molecule has 0 fully saturated rings. The summed E-state index contributed by atoms with van der Waals surface area (Å²) in [6.07, 6.45) is 0. The quantitative estimate of drug-likeness (QED) is 0.456. The zero-order valence-electron chi connectivity index (χ0n) is 11.0. The molecule has 0 N–H and O–H groups in total. The number of fused-ring (bicyclic) bond motifs is 4. The third-order valence-electron chi connectivity index (χ3n) is 3.99. The summed E-state index contributed by atoms with van der Waals surface area (Å²) in [5.41, 5.74) is 4.90. The molecule has 2 heteroatoms. The Bertz CT molecular complexity index is 887. The average Bonchev–Trinajstić information content (AvgIpc) is 2.84. The number of rotatable bonds is 0. The molecule has 19 heavy (non-hydrogen) atoms. The van der Waals surface area contributed by atoms with Crippen molar-refractivity contribution in [3.8, 4) is 11.4 Å². The highest BCUT2D eigenvalue weighted by Crippen LogP contribution is 2.37. The SMILES string of the molecule is Cc1c2c3ccccc3nc-2n(C)c2ccccc12. The lowest BCUT2D eigenvalue weighted by Crippen LogP contribution is -2.01. The molecule has 0 amide bonds. The van der Waals surface area contributed by atoms with Crippen molar-refractivity contribution in [3.05, 3.63) is 54.1 Å². The van der Waals surface area contributed by atoms with E-state index in [2.05, 4.69) is 61.0 Å². The molecular weight excluding hydrogens is 232 g/mol. The van der Waals surface area contributed by atoms with E-state index in [1.54, 1.807) is 0 Å². The van der Waals surface area contributed by atoms with Crippen LogP contribution in [0.2, 0.25) is 0 Å². The van der Waals surface area contributed by atoms with Gasteiger partial charge in [-0.25, -0.2) is 4.98 Å². The van der Waals surface area contributed by atoms with Crippen LogP contribution in [0.3, 0.4) is 0 Å². The minimum Gasteiger partial charge on any atom is -0.328 e. The molecule has 2 aromatic carbocycles. The van der Waals surface area contributed by atoms with Crippen molar-refractivity contribution in [3.63, 3.8) is 0 Å². The number of para-hydroxylation sites is 2. The second-order valence-corrected chi connectivity index (χ2v) is 5.03. The highest BCUT2D eigenvalue weighted by atomic mass is 15.0. The lowest BCUT2D eigenvalue weighted by Gasteiger charge is -2.14. The van der Waals surface area contributed by atoms with Gasteiger partial charge in [0.25, 0.3) is 0 Å². The molecule has 0 radical (unpaired) electrons. The van der Waals surface area contributed by atoms with E-state index < -0.39 is 0 Å². The van der Waals surface area contributed by atoms with Gasteiger partial charge in [-0.3, -0.25) is 0 Å². The number of aromatic nitrogens is 2. The highest BCUT2D eigenvalue weighted by Gasteiger charge is 2.19. The van der Waals surface area contributed by atoms with E-state index in [0.29, 0.717) is 0 Å². The summed E-state index contributed by atoms with van der Waals surface area (Å²) in [5.74, 6) is 1.07. The van der Waals surface area contributed by atoms with Crippen LogP contribution in [-0.2, 0) is 7.05 Å². The molecule has 0 unspecified atom stereocenters. The molecule has 0 saturated carbocycles. The van der Waals surface area contributed by atoms with Crippen LogP contribution in [0.25, 0.3) is 33.2 Å². The fraction of sp³-hybridized carbons (Fsp3) is 0.118. The summed E-state index contributed by atoms with van der Waals surface area (Å²) in [4.78, 5) is 4.79. The van der Waals surface area contributed by atoms with Gasteiger partial charge in [-0.1, -0.05) is 36.4 Å². The Balaban J connectivity index is 2.35. The van der Waals surface area contributed by atoms with Gasteiger partial charge in [-0.05, 0) is 24.6 Å². The first kappa shape index (κ1) is 10.6. The van der Waals surface area contributed by atoms with Gasteiger partial charge in [0.15, 0.2) is 0 Å². The van der Waals surface area contributed by atoms with Crippen molar-refractivity contribution in [2.75, 3.05) is 0 Å². The Kier molecular flexibility index (Phi) is 1.99. The third kappa shape index (κ3) is 1.28. The van der Waals surface area contributed by atoms with Crippen molar-refractivity contribution in [2.45, 2.75) is 6.92 Å². The van der Waals surface area contributed by atoms with Crippen molar-refractivity contribution >= 4 is 21.8 Å². The van der Waals surface area contributed by atoms with Crippen LogP contribution in [0.5, 0.6) is 0 Å². The lowest BCUT2D eigenvalue weighted by atomic mass is 10.0. The number of pyridine rings is 1. The van der Waals surface area contributed by atoms with Crippen molar-refractivity contribution in [2.24, 2.45) is 7.05 Å². The second-order valence-electron chi connectivity index (χ2n) is 5.03. The van der Waals surface area contributed by atoms with Gasteiger partial charge in [0.2, 0.25) is 0 Å². The Morgan fingerprint density at radius 3 is 2.42 bits per heavy atom. The van der Waals surface area contributed by atoms with E-state index in [1.807, 2.05) is 6.07 Å². The first-order valence-electron chi connectivity index (χ1n) is 6.50. The average molecular weight is 246 g/mol. The normalized spacial score (nSPS) is 11.7. The van der Waals surface area contributed by atoms with Crippen molar-refractivity contribution in [1.29, 1.82) is 0 Å². The van der Waals surface area contributed by atoms with E-state index in [4.69, 9.17) is 4.98 Å². The Hall–Kier alpha value is -2.35. The fourth-order valence-corrected chi connectivity index (χ4v) is 3.02. The molecule has 0 saturated heterocycles. The minimum atomic E-state index is 1.07. The highest BCUT2D eigenvalue weighted by molar-refractivity contribution is 6.03. The number of aryl methyl sites for hydroxylation is 2. The van der Waals surface area contributed by atoms with Crippen LogP contribution in [0.15, 0.2) is 48.5 Å².